The SMILES string of the molecule is CN=C(NCc1ncc(C(C)(C)C)o1)NCc1cc(F)ccc1Br.I. The fourth-order valence-corrected chi connectivity index (χ4v) is 2.36. The van der Waals surface area contributed by atoms with Crippen LogP contribution in [0.4, 0.5) is 4.39 Å². The van der Waals surface area contributed by atoms with Crippen LogP contribution in [0.15, 0.2) is 38.3 Å². The molecule has 0 saturated carbocycles. The normalized spacial score (nSPS) is 11.8. The molecule has 8 heteroatoms. The lowest BCUT2D eigenvalue weighted by Gasteiger charge is -2.13. The lowest BCUT2D eigenvalue weighted by Crippen LogP contribution is -2.36. The molecule has 138 valence electrons. The summed E-state index contributed by atoms with van der Waals surface area (Å²) >= 11 is 3.41. The van der Waals surface area contributed by atoms with Gasteiger partial charge in [-0.15, -0.1) is 24.0 Å². The second-order valence-corrected chi connectivity index (χ2v) is 7.24. The number of halogens is 3. The number of aromatic nitrogens is 1. The molecule has 1 aromatic heterocycles. The Morgan fingerprint density at radius 2 is 1.96 bits per heavy atom. The summed E-state index contributed by atoms with van der Waals surface area (Å²) in [6.07, 6.45) is 1.75. The summed E-state index contributed by atoms with van der Waals surface area (Å²) in [7, 11) is 1.67. The van der Waals surface area contributed by atoms with Gasteiger partial charge >= 0.3 is 0 Å². The number of nitrogens with zero attached hydrogens (tertiary/aromatic N) is 2. The smallest absolute Gasteiger partial charge is 0.213 e. The zero-order valence-corrected chi connectivity index (χ0v) is 18.6. The topological polar surface area (TPSA) is 62.5 Å². The molecule has 0 aliphatic heterocycles. The van der Waals surface area contributed by atoms with Crippen molar-refractivity contribution in [3.05, 3.63) is 51.9 Å². The Morgan fingerprint density at radius 1 is 1.28 bits per heavy atom. The molecular formula is C17H23BrFIN4O. The van der Waals surface area contributed by atoms with E-state index in [9.17, 15) is 4.39 Å². The fourth-order valence-electron chi connectivity index (χ4n) is 1.98. The zero-order chi connectivity index (χ0) is 17.7. The number of aliphatic imine (C=N–C) groups is 1. The molecule has 2 rings (SSSR count). The van der Waals surface area contributed by atoms with Crippen LogP contribution in [0.2, 0.25) is 0 Å². The molecule has 0 saturated heterocycles. The largest absolute Gasteiger partial charge is 0.443 e. The Kier molecular flexibility index (Phi) is 8.33. The van der Waals surface area contributed by atoms with Gasteiger partial charge in [-0.3, -0.25) is 4.99 Å². The van der Waals surface area contributed by atoms with E-state index in [2.05, 4.69) is 57.3 Å². The molecule has 0 amide bonds. The molecule has 0 fully saturated rings. The van der Waals surface area contributed by atoms with E-state index in [0.29, 0.717) is 24.9 Å². The Hall–Kier alpha value is -1.16. The van der Waals surface area contributed by atoms with Crippen molar-refractivity contribution in [3.8, 4) is 0 Å². The lowest BCUT2D eigenvalue weighted by molar-refractivity contribution is 0.379. The molecule has 1 heterocycles. The van der Waals surface area contributed by atoms with Crippen LogP contribution in [0.25, 0.3) is 0 Å². The van der Waals surface area contributed by atoms with Crippen LogP contribution in [-0.2, 0) is 18.5 Å². The van der Waals surface area contributed by atoms with Crippen molar-refractivity contribution >= 4 is 45.9 Å². The Balaban J connectivity index is 0.00000312. The maximum atomic E-state index is 13.3. The molecule has 0 spiro atoms. The maximum Gasteiger partial charge on any atom is 0.213 e. The van der Waals surface area contributed by atoms with E-state index >= 15 is 0 Å². The third kappa shape index (κ3) is 6.58. The molecule has 25 heavy (non-hydrogen) atoms. The van der Waals surface area contributed by atoms with Crippen LogP contribution in [0.5, 0.6) is 0 Å². The van der Waals surface area contributed by atoms with Crippen molar-refractivity contribution in [2.75, 3.05) is 7.05 Å². The highest BCUT2D eigenvalue weighted by Crippen LogP contribution is 2.22. The second kappa shape index (κ2) is 9.51. The first kappa shape index (κ1) is 21.9. The van der Waals surface area contributed by atoms with Gasteiger partial charge in [0.25, 0.3) is 0 Å². The summed E-state index contributed by atoms with van der Waals surface area (Å²) in [5.74, 6) is 1.75. The number of oxazole rings is 1. The van der Waals surface area contributed by atoms with Crippen molar-refractivity contribution in [1.82, 2.24) is 15.6 Å². The summed E-state index contributed by atoms with van der Waals surface area (Å²) in [6.45, 7) is 7.07. The molecule has 0 unspecified atom stereocenters. The molecule has 0 aliphatic carbocycles. The quantitative estimate of drug-likeness (QED) is 0.354. The van der Waals surface area contributed by atoms with E-state index < -0.39 is 0 Å². The Bertz CT molecular complexity index is 728. The van der Waals surface area contributed by atoms with Gasteiger partial charge in [0.2, 0.25) is 5.89 Å². The minimum absolute atomic E-state index is 0. The van der Waals surface area contributed by atoms with Gasteiger partial charge in [0.05, 0.1) is 12.7 Å². The van der Waals surface area contributed by atoms with Gasteiger partial charge in [-0.1, -0.05) is 36.7 Å². The molecule has 0 radical (unpaired) electrons. The molecule has 1 aromatic carbocycles. The number of hydrogen-bond acceptors (Lipinski definition) is 3. The summed E-state index contributed by atoms with van der Waals surface area (Å²) in [5.41, 5.74) is 0.735. The van der Waals surface area contributed by atoms with E-state index in [1.807, 2.05) is 0 Å². The first-order chi connectivity index (χ1) is 11.3. The predicted molar refractivity (Wildman–Crippen MR) is 112 cm³/mol. The van der Waals surface area contributed by atoms with Crippen molar-refractivity contribution < 1.29 is 8.81 Å². The summed E-state index contributed by atoms with van der Waals surface area (Å²) in [6, 6.07) is 4.58. The van der Waals surface area contributed by atoms with Crippen molar-refractivity contribution in [2.24, 2.45) is 4.99 Å². The highest BCUT2D eigenvalue weighted by atomic mass is 127. The number of guanidine groups is 1. The van der Waals surface area contributed by atoms with Gasteiger partial charge < -0.3 is 15.1 Å². The lowest BCUT2D eigenvalue weighted by atomic mass is 9.94. The van der Waals surface area contributed by atoms with Crippen molar-refractivity contribution in [2.45, 2.75) is 39.3 Å². The third-order valence-corrected chi connectivity index (χ3v) is 4.15. The van der Waals surface area contributed by atoms with Crippen LogP contribution in [-0.4, -0.2) is 18.0 Å². The number of nitrogens with one attached hydrogen (secondary N) is 2. The maximum absolute atomic E-state index is 13.3. The molecule has 5 nitrogen and oxygen atoms in total. The number of benzene rings is 1. The summed E-state index contributed by atoms with van der Waals surface area (Å²) in [5, 5.41) is 6.26. The molecule has 0 atom stereocenters. The zero-order valence-electron chi connectivity index (χ0n) is 14.7. The van der Waals surface area contributed by atoms with Crippen molar-refractivity contribution in [1.29, 1.82) is 0 Å². The molecule has 0 aliphatic rings. The van der Waals surface area contributed by atoms with Crippen LogP contribution >= 0.6 is 39.9 Å². The number of hydrogen-bond donors (Lipinski definition) is 2. The monoisotopic (exact) mass is 524 g/mol. The molecule has 2 N–H and O–H groups in total. The standard InChI is InChI=1S/C17H22BrFN4O.HI/c1-17(2,3)14-9-21-15(24-14)10-23-16(20-4)22-8-11-7-12(19)5-6-13(11)18;/h5-7,9H,8,10H2,1-4H3,(H2,20,22,23);1H. The van der Waals surface area contributed by atoms with Crippen LogP contribution in [0, 0.1) is 5.82 Å². The van der Waals surface area contributed by atoms with E-state index in [4.69, 9.17) is 4.42 Å². The molecule has 2 aromatic rings. The highest BCUT2D eigenvalue weighted by molar-refractivity contribution is 14.0. The van der Waals surface area contributed by atoms with E-state index in [1.165, 1.54) is 12.1 Å². The summed E-state index contributed by atoms with van der Waals surface area (Å²) in [4.78, 5) is 8.41. The third-order valence-electron chi connectivity index (χ3n) is 3.38. The Labute approximate surface area is 173 Å². The first-order valence-electron chi connectivity index (χ1n) is 7.63. The summed E-state index contributed by atoms with van der Waals surface area (Å²) < 4.78 is 19.9. The van der Waals surface area contributed by atoms with Crippen LogP contribution in [0.3, 0.4) is 0 Å². The minimum atomic E-state index is -0.271. The average Bonchev–Trinajstić information content (AvgIpc) is 3.00. The van der Waals surface area contributed by atoms with Crippen molar-refractivity contribution in [3.63, 3.8) is 0 Å². The van der Waals surface area contributed by atoms with Crippen LogP contribution in [0.1, 0.15) is 38.0 Å². The average molecular weight is 525 g/mol. The Morgan fingerprint density at radius 3 is 2.56 bits per heavy atom. The van der Waals surface area contributed by atoms with E-state index in [0.717, 1.165) is 15.8 Å². The van der Waals surface area contributed by atoms with E-state index in [-0.39, 0.29) is 35.2 Å². The van der Waals surface area contributed by atoms with Gasteiger partial charge in [-0.05, 0) is 23.8 Å². The number of rotatable bonds is 4. The van der Waals surface area contributed by atoms with Gasteiger partial charge in [-0.25, -0.2) is 9.37 Å². The van der Waals surface area contributed by atoms with E-state index in [1.54, 1.807) is 19.3 Å². The fraction of sp³-hybridized carbons (Fsp3) is 0.412. The molecular weight excluding hydrogens is 502 g/mol. The van der Waals surface area contributed by atoms with Gasteiger partial charge in [0.1, 0.15) is 11.6 Å². The van der Waals surface area contributed by atoms with Gasteiger partial charge in [0, 0.05) is 23.5 Å². The molecule has 0 bridgehead atoms. The van der Waals surface area contributed by atoms with Gasteiger partial charge in [-0.2, -0.15) is 0 Å². The predicted octanol–water partition coefficient (Wildman–Crippen LogP) is 4.36. The second-order valence-electron chi connectivity index (χ2n) is 6.38. The first-order valence-corrected chi connectivity index (χ1v) is 8.42. The highest BCUT2D eigenvalue weighted by Gasteiger charge is 2.19. The van der Waals surface area contributed by atoms with Gasteiger partial charge in [0.15, 0.2) is 5.96 Å². The van der Waals surface area contributed by atoms with Crippen LogP contribution < -0.4 is 10.6 Å². The minimum Gasteiger partial charge on any atom is -0.443 e.